The summed E-state index contributed by atoms with van der Waals surface area (Å²) in [5, 5.41) is 8.91. The molecule has 0 spiro atoms. The number of aromatic carboxylic acids is 1. The van der Waals surface area contributed by atoms with Crippen LogP contribution in [0.25, 0.3) is 22.6 Å². The van der Waals surface area contributed by atoms with E-state index in [-0.39, 0.29) is 5.56 Å². The van der Waals surface area contributed by atoms with Gasteiger partial charge in [-0.1, -0.05) is 0 Å². The molecule has 0 saturated heterocycles. The molecule has 0 fully saturated rings. The lowest BCUT2D eigenvalue weighted by molar-refractivity contribution is 0.0697. The van der Waals surface area contributed by atoms with Crippen molar-refractivity contribution in [3.63, 3.8) is 0 Å². The number of imidazole rings is 1. The van der Waals surface area contributed by atoms with Crippen molar-refractivity contribution in [1.82, 2.24) is 19.9 Å². The number of hydrogen-bond donors (Lipinski definition) is 2. The predicted molar refractivity (Wildman–Crippen MR) is 64.1 cm³/mol. The number of H-pyrrole nitrogens is 1. The van der Waals surface area contributed by atoms with Crippen LogP contribution in [0.2, 0.25) is 0 Å². The van der Waals surface area contributed by atoms with Crippen molar-refractivity contribution >= 4 is 17.0 Å². The maximum Gasteiger partial charge on any atom is 0.335 e. The Labute approximate surface area is 101 Å². The Hall–Kier alpha value is -2.76. The van der Waals surface area contributed by atoms with Crippen molar-refractivity contribution < 1.29 is 9.90 Å². The van der Waals surface area contributed by atoms with Crippen LogP contribution in [0.5, 0.6) is 0 Å². The first-order chi connectivity index (χ1) is 8.74. The minimum Gasteiger partial charge on any atom is -0.478 e. The molecule has 3 rings (SSSR count). The molecule has 0 saturated carbocycles. The smallest absolute Gasteiger partial charge is 0.335 e. The van der Waals surface area contributed by atoms with Gasteiger partial charge in [0, 0.05) is 12.4 Å². The highest BCUT2D eigenvalue weighted by Crippen LogP contribution is 2.19. The van der Waals surface area contributed by atoms with Crippen LogP contribution in [0.3, 0.4) is 0 Å². The van der Waals surface area contributed by atoms with Crippen molar-refractivity contribution in [2.24, 2.45) is 0 Å². The molecule has 0 aliphatic rings. The largest absolute Gasteiger partial charge is 0.478 e. The number of nitrogens with zero attached hydrogens (tertiary/aromatic N) is 3. The second kappa shape index (κ2) is 3.92. The Kier molecular flexibility index (Phi) is 2.26. The molecular weight excluding hydrogens is 232 g/mol. The number of aromatic nitrogens is 4. The Morgan fingerprint density at radius 1 is 1.28 bits per heavy atom. The summed E-state index contributed by atoms with van der Waals surface area (Å²) >= 11 is 0. The van der Waals surface area contributed by atoms with E-state index < -0.39 is 5.97 Å². The zero-order chi connectivity index (χ0) is 12.5. The van der Waals surface area contributed by atoms with E-state index in [1.54, 1.807) is 30.7 Å². The summed E-state index contributed by atoms with van der Waals surface area (Å²) in [5.74, 6) is -0.395. The van der Waals surface area contributed by atoms with Crippen LogP contribution in [-0.2, 0) is 0 Å². The van der Waals surface area contributed by atoms with Gasteiger partial charge in [0.1, 0.15) is 5.69 Å². The lowest BCUT2D eigenvalue weighted by Gasteiger charge is -1.92. The molecule has 0 radical (unpaired) electrons. The molecule has 0 atom stereocenters. The van der Waals surface area contributed by atoms with E-state index in [0.717, 1.165) is 0 Å². The summed E-state index contributed by atoms with van der Waals surface area (Å²) in [7, 11) is 0. The van der Waals surface area contributed by atoms with E-state index in [2.05, 4.69) is 19.9 Å². The van der Waals surface area contributed by atoms with Crippen LogP contribution in [0, 0.1) is 0 Å². The zero-order valence-corrected chi connectivity index (χ0v) is 9.16. The summed E-state index contributed by atoms with van der Waals surface area (Å²) in [6.45, 7) is 0. The maximum absolute atomic E-state index is 10.9. The number of aromatic amines is 1. The Morgan fingerprint density at radius 2 is 2.17 bits per heavy atom. The van der Waals surface area contributed by atoms with Crippen LogP contribution < -0.4 is 0 Å². The minimum absolute atomic E-state index is 0.219. The van der Waals surface area contributed by atoms with E-state index in [4.69, 9.17) is 5.11 Å². The van der Waals surface area contributed by atoms with Gasteiger partial charge < -0.3 is 10.1 Å². The van der Waals surface area contributed by atoms with Crippen molar-refractivity contribution in [2.45, 2.75) is 0 Å². The molecule has 6 heteroatoms. The SMILES string of the molecule is O=C(O)c1ccc2nc(-c3cnccn3)[nH]c2c1. The fourth-order valence-corrected chi connectivity index (χ4v) is 1.69. The quantitative estimate of drug-likeness (QED) is 0.711. The number of nitrogens with one attached hydrogen (secondary N) is 1. The molecule has 2 N–H and O–H groups in total. The standard InChI is InChI=1S/C12H8N4O2/c17-12(18)7-1-2-8-9(5-7)16-11(15-8)10-6-13-3-4-14-10/h1-6H,(H,15,16)(H,17,18). The van der Waals surface area contributed by atoms with Crippen LogP contribution in [0.15, 0.2) is 36.8 Å². The number of benzene rings is 1. The lowest BCUT2D eigenvalue weighted by Crippen LogP contribution is -1.94. The molecule has 6 nitrogen and oxygen atoms in total. The molecule has 3 aromatic rings. The summed E-state index contributed by atoms with van der Waals surface area (Å²) < 4.78 is 0. The van der Waals surface area contributed by atoms with Crippen molar-refractivity contribution in [3.05, 3.63) is 42.4 Å². The van der Waals surface area contributed by atoms with Gasteiger partial charge in [0.25, 0.3) is 0 Å². The summed E-state index contributed by atoms with van der Waals surface area (Å²) in [6.07, 6.45) is 4.75. The maximum atomic E-state index is 10.9. The minimum atomic E-state index is -0.965. The van der Waals surface area contributed by atoms with E-state index in [1.165, 1.54) is 6.07 Å². The van der Waals surface area contributed by atoms with Gasteiger partial charge in [-0.25, -0.2) is 14.8 Å². The molecule has 2 aromatic heterocycles. The number of rotatable bonds is 2. The monoisotopic (exact) mass is 240 g/mol. The molecule has 0 aliphatic carbocycles. The van der Waals surface area contributed by atoms with E-state index >= 15 is 0 Å². The summed E-state index contributed by atoms with van der Waals surface area (Å²) in [5.41, 5.74) is 2.19. The highest BCUT2D eigenvalue weighted by Gasteiger charge is 2.09. The highest BCUT2D eigenvalue weighted by atomic mass is 16.4. The first kappa shape index (κ1) is 10.4. The number of carbonyl (C=O) groups is 1. The van der Waals surface area contributed by atoms with Gasteiger partial charge in [0.05, 0.1) is 22.8 Å². The van der Waals surface area contributed by atoms with Crippen LogP contribution in [-0.4, -0.2) is 31.0 Å². The topological polar surface area (TPSA) is 91.8 Å². The van der Waals surface area contributed by atoms with Gasteiger partial charge in [0.2, 0.25) is 0 Å². The Morgan fingerprint density at radius 3 is 2.89 bits per heavy atom. The second-order valence-electron chi connectivity index (χ2n) is 3.71. The molecule has 0 amide bonds. The summed E-state index contributed by atoms with van der Waals surface area (Å²) in [4.78, 5) is 26.3. The average molecular weight is 240 g/mol. The number of hydrogen-bond acceptors (Lipinski definition) is 4. The Bertz CT molecular complexity index is 721. The first-order valence-electron chi connectivity index (χ1n) is 5.23. The molecule has 1 aromatic carbocycles. The van der Waals surface area contributed by atoms with Gasteiger partial charge in [-0.2, -0.15) is 0 Å². The Balaban J connectivity index is 2.14. The lowest BCUT2D eigenvalue weighted by atomic mass is 10.2. The zero-order valence-electron chi connectivity index (χ0n) is 9.16. The highest BCUT2D eigenvalue weighted by molar-refractivity contribution is 5.92. The van der Waals surface area contributed by atoms with Crippen molar-refractivity contribution in [2.75, 3.05) is 0 Å². The van der Waals surface area contributed by atoms with Crippen molar-refractivity contribution in [1.29, 1.82) is 0 Å². The molecular formula is C12H8N4O2. The third-order valence-corrected chi connectivity index (χ3v) is 2.53. The van der Waals surface area contributed by atoms with Gasteiger partial charge in [-0.15, -0.1) is 0 Å². The molecule has 2 heterocycles. The molecule has 18 heavy (non-hydrogen) atoms. The molecule has 0 unspecified atom stereocenters. The van der Waals surface area contributed by atoms with Crippen LogP contribution in [0.1, 0.15) is 10.4 Å². The summed E-state index contributed by atoms with van der Waals surface area (Å²) in [6, 6.07) is 4.73. The van der Waals surface area contributed by atoms with Crippen LogP contribution in [0.4, 0.5) is 0 Å². The predicted octanol–water partition coefficient (Wildman–Crippen LogP) is 1.72. The number of carboxylic acids is 1. The van der Waals surface area contributed by atoms with Crippen molar-refractivity contribution in [3.8, 4) is 11.5 Å². The van der Waals surface area contributed by atoms with Gasteiger partial charge >= 0.3 is 5.97 Å². The first-order valence-corrected chi connectivity index (χ1v) is 5.23. The average Bonchev–Trinajstić information content (AvgIpc) is 2.82. The second-order valence-corrected chi connectivity index (χ2v) is 3.71. The normalized spacial score (nSPS) is 10.7. The molecule has 0 bridgehead atoms. The third kappa shape index (κ3) is 1.69. The van der Waals surface area contributed by atoms with E-state index in [0.29, 0.717) is 22.6 Å². The van der Waals surface area contributed by atoms with Gasteiger partial charge in [0.15, 0.2) is 5.82 Å². The van der Waals surface area contributed by atoms with Gasteiger partial charge in [-0.05, 0) is 18.2 Å². The molecule has 0 aliphatic heterocycles. The fraction of sp³-hybridized carbons (Fsp3) is 0. The van der Waals surface area contributed by atoms with Gasteiger partial charge in [-0.3, -0.25) is 4.98 Å². The number of carboxylic acid groups (broad SMARTS) is 1. The fourth-order valence-electron chi connectivity index (χ4n) is 1.69. The van der Waals surface area contributed by atoms with E-state index in [1.807, 2.05) is 0 Å². The van der Waals surface area contributed by atoms with Crippen LogP contribution >= 0.6 is 0 Å². The molecule has 88 valence electrons. The van der Waals surface area contributed by atoms with E-state index in [9.17, 15) is 4.79 Å². The number of fused-ring (bicyclic) bond motifs is 1. The third-order valence-electron chi connectivity index (χ3n) is 2.53.